The maximum atomic E-state index is 6.11. The van der Waals surface area contributed by atoms with Crippen LogP contribution in [-0.2, 0) is 6.42 Å². The first-order chi connectivity index (χ1) is 9.34. The summed E-state index contributed by atoms with van der Waals surface area (Å²) in [5.74, 6) is 1.04. The summed E-state index contributed by atoms with van der Waals surface area (Å²) in [6.07, 6.45) is 6.32. The molecule has 1 unspecified atom stereocenters. The zero-order valence-corrected chi connectivity index (χ0v) is 11.8. The van der Waals surface area contributed by atoms with Crippen molar-refractivity contribution in [1.29, 1.82) is 0 Å². The number of piperidine rings is 1. The minimum Gasteiger partial charge on any atom is -0.490 e. The van der Waals surface area contributed by atoms with Crippen LogP contribution in [0.1, 0.15) is 31.2 Å². The number of hydrogen-bond acceptors (Lipinski definition) is 3. The summed E-state index contributed by atoms with van der Waals surface area (Å²) in [6, 6.07) is 7.00. The van der Waals surface area contributed by atoms with Crippen LogP contribution in [0.15, 0.2) is 18.2 Å². The Morgan fingerprint density at radius 1 is 1.32 bits per heavy atom. The Labute approximate surface area is 115 Å². The average Bonchev–Trinajstić information content (AvgIpc) is 2.46. The minimum atomic E-state index is 0.577. The van der Waals surface area contributed by atoms with E-state index >= 15 is 0 Å². The molecule has 2 aliphatic rings. The van der Waals surface area contributed by atoms with Crippen molar-refractivity contribution in [3.05, 3.63) is 23.8 Å². The molecule has 0 radical (unpaired) electrons. The van der Waals surface area contributed by atoms with Gasteiger partial charge < -0.3 is 15.0 Å². The standard InChI is InChI=1S/C16H24N2O/c1-18-11-3-2-8-14(18)12-19-15-9-4-6-13-7-5-10-17-16(13)15/h4,6,9,14,17H,2-3,5,7-8,10-12H2,1H3. The maximum absolute atomic E-state index is 6.11. The van der Waals surface area contributed by atoms with Crippen LogP contribution in [0.3, 0.4) is 0 Å². The number of rotatable bonds is 3. The molecule has 1 fully saturated rings. The number of fused-ring (bicyclic) bond motifs is 1. The van der Waals surface area contributed by atoms with E-state index in [0.717, 1.165) is 18.9 Å². The average molecular weight is 260 g/mol. The van der Waals surface area contributed by atoms with Crippen molar-refractivity contribution in [2.24, 2.45) is 0 Å². The second kappa shape index (κ2) is 5.83. The number of anilines is 1. The second-order valence-corrected chi connectivity index (χ2v) is 5.76. The van der Waals surface area contributed by atoms with Gasteiger partial charge in [-0.3, -0.25) is 0 Å². The molecule has 1 saturated heterocycles. The summed E-state index contributed by atoms with van der Waals surface area (Å²) in [5, 5.41) is 3.49. The lowest BCUT2D eigenvalue weighted by molar-refractivity contribution is 0.125. The monoisotopic (exact) mass is 260 g/mol. The minimum absolute atomic E-state index is 0.577. The van der Waals surface area contributed by atoms with Crippen LogP contribution in [0.2, 0.25) is 0 Å². The van der Waals surface area contributed by atoms with Gasteiger partial charge in [-0.05, 0) is 50.9 Å². The highest BCUT2D eigenvalue weighted by Gasteiger charge is 2.20. The fourth-order valence-corrected chi connectivity index (χ4v) is 3.14. The Morgan fingerprint density at radius 3 is 3.16 bits per heavy atom. The zero-order valence-electron chi connectivity index (χ0n) is 11.8. The molecule has 2 aliphatic heterocycles. The van der Waals surface area contributed by atoms with E-state index in [-0.39, 0.29) is 0 Å². The van der Waals surface area contributed by atoms with Crippen molar-refractivity contribution in [2.45, 2.75) is 38.1 Å². The van der Waals surface area contributed by atoms with E-state index in [2.05, 4.69) is 35.5 Å². The lowest BCUT2D eigenvalue weighted by Crippen LogP contribution is -2.40. The zero-order chi connectivity index (χ0) is 13.1. The molecule has 0 aromatic heterocycles. The van der Waals surface area contributed by atoms with Crippen LogP contribution in [0.25, 0.3) is 0 Å². The summed E-state index contributed by atoms with van der Waals surface area (Å²) in [6.45, 7) is 3.09. The molecule has 2 heterocycles. The van der Waals surface area contributed by atoms with Crippen LogP contribution in [0, 0.1) is 0 Å². The van der Waals surface area contributed by atoms with E-state index in [0.29, 0.717) is 6.04 Å². The topological polar surface area (TPSA) is 24.5 Å². The highest BCUT2D eigenvalue weighted by Crippen LogP contribution is 2.32. The third kappa shape index (κ3) is 2.86. The maximum Gasteiger partial charge on any atom is 0.142 e. The number of likely N-dealkylation sites (tertiary alicyclic amines) is 1. The van der Waals surface area contributed by atoms with Gasteiger partial charge in [0.25, 0.3) is 0 Å². The lowest BCUT2D eigenvalue weighted by Gasteiger charge is -2.32. The van der Waals surface area contributed by atoms with E-state index in [1.54, 1.807) is 0 Å². The summed E-state index contributed by atoms with van der Waals surface area (Å²) in [4.78, 5) is 2.44. The first kappa shape index (κ1) is 12.8. The first-order valence-electron chi connectivity index (χ1n) is 7.53. The third-order valence-corrected chi connectivity index (χ3v) is 4.39. The van der Waals surface area contributed by atoms with E-state index in [4.69, 9.17) is 4.74 Å². The van der Waals surface area contributed by atoms with E-state index in [9.17, 15) is 0 Å². The Kier molecular flexibility index (Phi) is 3.92. The summed E-state index contributed by atoms with van der Waals surface area (Å²) >= 11 is 0. The molecular formula is C16H24N2O. The van der Waals surface area contributed by atoms with Crippen molar-refractivity contribution < 1.29 is 4.74 Å². The number of likely N-dealkylation sites (N-methyl/N-ethyl adjacent to an activating group) is 1. The smallest absolute Gasteiger partial charge is 0.142 e. The number of para-hydroxylation sites is 1. The largest absolute Gasteiger partial charge is 0.490 e. The molecule has 0 spiro atoms. The summed E-state index contributed by atoms with van der Waals surface area (Å²) in [5.41, 5.74) is 2.63. The Morgan fingerprint density at radius 2 is 2.26 bits per heavy atom. The van der Waals surface area contributed by atoms with Gasteiger partial charge in [-0.15, -0.1) is 0 Å². The number of hydrogen-bond donors (Lipinski definition) is 1. The van der Waals surface area contributed by atoms with Gasteiger partial charge in [0.2, 0.25) is 0 Å². The highest BCUT2D eigenvalue weighted by atomic mass is 16.5. The first-order valence-corrected chi connectivity index (χ1v) is 7.53. The van der Waals surface area contributed by atoms with Crippen molar-refractivity contribution in [2.75, 3.05) is 32.1 Å². The molecule has 3 rings (SSSR count). The highest BCUT2D eigenvalue weighted by molar-refractivity contribution is 5.63. The molecular weight excluding hydrogens is 236 g/mol. The number of benzene rings is 1. The van der Waals surface area contributed by atoms with Gasteiger partial charge in [-0.2, -0.15) is 0 Å². The molecule has 3 heteroatoms. The number of aryl methyl sites for hydroxylation is 1. The van der Waals surface area contributed by atoms with Crippen LogP contribution in [0.5, 0.6) is 5.75 Å². The molecule has 1 aromatic carbocycles. The molecule has 104 valence electrons. The fourth-order valence-electron chi connectivity index (χ4n) is 3.14. The fraction of sp³-hybridized carbons (Fsp3) is 0.625. The van der Waals surface area contributed by atoms with Gasteiger partial charge >= 0.3 is 0 Å². The van der Waals surface area contributed by atoms with Crippen molar-refractivity contribution in [3.63, 3.8) is 0 Å². The molecule has 1 atom stereocenters. The van der Waals surface area contributed by atoms with Crippen LogP contribution >= 0.6 is 0 Å². The van der Waals surface area contributed by atoms with Crippen LogP contribution in [0.4, 0.5) is 5.69 Å². The Hall–Kier alpha value is -1.22. The molecule has 0 bridgehead atoms. The third-order valence-electron chi connectivity index (χ3n) is 4.39. The molecule has 3 nitrogen and oxygen atoms in total. The molecule has 1 aromatic rings. The van der Waals surface area contributed by atoms with Gasteiger partial charge in [0.15, 0.2) is 0 Å². The van der Waals surface area contributed by atoms with E-state index in [1.165, 1.54) is 49.9 Å². The second-order valence-electron chi connectivity index (χ2n) is 5.76. The molecule has 0 amide bonds. The van der Waals surface area contributed by atoms with Crippen LogP contribution in [-0.4, -0.2) is 37.7 Å². The van der Waals surface area contributed by atoms with Crippen molar-refractivity contribution in [3.8, 4) is 5.75 Å². The van der Waals surface area contributed by atoms with E-state index in [1.807, 2.05) is 0 Å². The van der Waals surface area contributed by atoms with Gasteiger partial charge in [0.1, 0.15) is 12.4 Å². The van der Waals surface area contributed by atoms with Gasteiger partial charge in [-0.1, -0.05) is 18.6 Å². The lowest BCUT2D eigenvalue weighted by atomic mass is 10.0. The van der Waals surface area contributed by atoms with Gasteiger partial charge in [-0.25, -0.2) is 0 Å². The predicted octanol–water partition coefficient (Wildman–Crippen LogP) is 2.91. The Balaban J connectivity index is 1.66. The van der Waals surface area contributed by atoms with Gasteiger partial charge in [0, 0.05) is 12.6 Å². The van der Waals surface area contributed by atoms with Crippen LogP contribution < -0.4 is 10.1 Å². The quantitative estimate of drug-likeness (QED) is 0.904. The van der Waals surface area contributed by atoms with Crippen molar-refractivity contribution >= 4 is 5.69 Å². The molecule has 0 saturated carbocycles. The molecule has 19 heavy (non-hydrogen) atoms. The normalized spacial score (nSPS) is 23.5. The Bertz CT molecular complexity index is 433. The van der Waals surface area contributed by atoms with E-state index < -0.39 is 0 Å². The molecule has 0 aliphatic carbocycles. The SMILES string of the molecule is CN1CCCCC1COc1cccc2c1NCCC2. The predicted molar refractivity (Wildman–Crippen MR) is 79.0 cm³/mol. The molecule has 1 N–H and O–H groups in total. The number of nitrogens with one attached hydrogen (secondary N) is 1. The summed E-state index contributed by atoms with van der Waals surface area (Å²) < 4.78 is 6.11. The number of ether oxygens (including phenoxy) is 1. The van der Waals surface area contributed by atoms with Gasteiger partial charge in [0.05, 0.1) is 5.69 Å². The summed E-state index contributed by atoms with van der Waals surface area (Å²) in [7, 11) is 2.21. The number of nitrogens with zero attached hydrogens (tertiary/aromatic N) is 1. The van der Waals surface area contributed by atoms with Crippen molar-refractivity contribution in [1.82, 2.24) is 4.90 Å².